The summed E-state index contributed by atoms with van der Waals surface area (Å²) in [5, 5.41) is 20.1. The second-order valence-electron chi connectivity index (χ2n) is 14.2. The van der Waals surface area contributed by atoms with Crippen molar-refractivity contribution in [1.82, 2.24) is 19.8 Å². The molecule has 4 aromatic rings. The number of alkyl halides is 2. The largest absolute Gasteiger partial charge is 0.490 e. The van der Waals surface area contributed by atoms with Crippen molar-refractivity contribution in [2.75, 3.05) is 26.2 Å². The average Bonchev–Trinajstić information content (AvgIpc) is 3.54. The second kappa shape index (κ2) is 17.6. The van der Waals surface area contributed by atoms with E-state index in [1.165, 1.54) is 17.8 Å². The smallest absolute Gasteiger partial charge is 0.255 e. The number of ether oxygens (including phenoxy) is 3. The number of aromatic nitrogens is 2. The minimum atomic E-state index is -3.30. The number of benzene rings is 3. The van der Waals surface area contributed by atoms with Crippen LogP contribution in [0, 0.1) is 17.1 Å². The molecule has 1 aromatic heterocycles. The molecule has 1 saturated heterocycles. The number of likely N-dealkylation sites (tertiary alicyclic amines) is 1. The van der Waals surface area contributed by atoms with E-state index < -0.39 is 73.7 Å². The molecule has 3 aromatic carbocycles. The molecule has 0 spiro atoms. The molecule has 1 unspecified atom stereocenters. The van der Waals surface area contributed by atoms with Crippen LogP contribution in [-0.2, 0) is 28.2 Å². The minimum absolute atomic E-state index is 0.0140. The number of halogens is 4. The molecular weight excluding hydrogens is 799 g/mol. The van der Waals surface area contributed by atoms with Crippen LogP contribution in [0.2, 0.25) is 5.02 Å². The van der Waals surface area contributed by atoms with Crippen molar-refractivity contribution in [3.8, 4) is 23.3 Å². The third-order valence-corrected chi connectivity index (χ3v) is 11.0. The zero-order valence-corrected chi connectivity index (χ0v) is 33.3. The maximum absolute atomic E-state index is 15.5. The number of fused-ring (bicyclic) bond motifs is 1. The zero-order chi connectivity index (χ0) is 41.8. The van der Waals surface area contributed by atoms with E-state index in [0.717, 1.165) is 22.2 Å². The van der Waals surface area contributed by atoms with Gasteiger partial charge in [-0.1, -0.05) is 49.3 Å². The maximum atomic E-state index is 15.5. The van der Waals surface area contributed by atoms with Crippen molar-refractivity contribution < 1.29 is 46.9 Å². The van der Waals surface area contributed by atoms with E-state index in [9.17, 15) is 33.5 Å². The SMILES string of the molecule is CSc1nccc(COc2ccc(C(C)(C)c3cc(Cl)c(OCCC(F)(F)CCOc4ccc5c(c4F)CN(C4CCC(=O)N(CO)C4=O)C5=O)c(C#N)c3)cc2)n1. The number of nitrogens with zero attached hydrogens (tertiary/aromatic N) is 5. The molecule has 3 heterocycles. The first-order chi connectivity index (χ1) is 27.7. The Labute approximate surface area is 341 Å². The highest BCUT2D eigenvalue weighted by Crippen LogP contribution is 2.40. The van der Waals surface area contributed by atoms with Gasteiger partial charge in [0.15, 0.2) is 22.5 Å². The molecule has 2 aliphatic rings. The predicted molar refractivity (Wildman–Crippen MR) is 206 cm³/mol. The number of hydrogen-bond donors (Lipinski definition) is 1. The molecule has 2 aliphatic heterocycles. The second-order valence-corrected chi connectivity index (χ2v) is 15.3. The van der Waals surface area contributed by atoms with Crippen LogP contribution in [-0.4, -0.2) is 80.8 Å². The van der Waals surface area contributed by atoms with Gasteiger partial charge in [-0.05, 0) is 66.3 Å². The van der Waals surface area contributed by atoms with Crippen molar-refractivity contribution in [1.29, 1.82) is 5.26 Å². The fraction of sp³-hybridized carbons (Fsp3) is 0.366. The summed E-state index contributed by atoms with van der Waals surface area (Å²) in [7, 11) is 0. The molecule has 58 heavy (non-hydrogen) atoms. The van der Waals surface area contributed by atoms with Gasteiger partial charge in [-0.15, -0.1) is 0 Å². The van der Waals surface area contributed by atoms with Gasteiger partial charge in [0.05, 0.1) is 36.0 Å². The lowest BCUT2D eigenvalue weighted by Gasteiger charge is -2.34. The standard InChI is InChI=1S/C41H39ClF3N5O7S/c1-40(2,25-4-6-28(7-5-25)57-22-27-12-15-47-39(48-27)58-3)26-18-24(20-46)36(31(42)19-26)56-17-14-41(44,45)13-16-55-33-10-8-29-30(35(33)43)21-49(37(29)53)32-9-11-34(52)50(23-51)38(32)54/h4-8,10,12,15,18-19,32,51H,9,11,13-14,16-17,21-23H2,1-3H3. The molecule has 12 nitrogen and oxygen atoms in total. The molecule has 0 saturated carbocycles. The number of thioether (sulfide) groups is 1. The van der Waals surface area contributed by atoms with Crippen molar-refractivity contribution in [3.63, 3.8) is 0 Å². The normalized spacial score (nSPS) is 15.7. The number of aliphatic hydroxyl groups is 1. The van der Waals surface area contributed by atoms with Crippen LogP contribution < -0.4 is 14.2 Å². The number of imide groups is 1. The van der Waals surface area contributed by atoms with Gasteiger partial charge in [-0.3, -0.25) is 19.3 Å². The van der Waals surface area contributed by atoms with E-state index in [4.69, 9.17) is 25.8 Å². The summed E-state index contributed by atoms with van der Waals surface area (Å²) in [6, 6.07) is 16.0. The predicted octanol–water partition coefficient (Wildman–Crippen LogP) is 7.06. The lowest BCUT2D eigenvalue weighted by molar-refractivity contribution is -0.156. The summed E-state index contributed by atoms with van der Waals surface area (Å²) >= 11 is 8.02. The highest BCUT2D eigenvalue weighted by Gasteiger charge is 2.43. The lowest BCUT2D eigenvalue weighted by atomic mass is 9.77. The first-order valence-electron chi connectivity index (χ1n) is 18.2. The van der Waals surface area contributed by atoms with Crippen LogP contribution in [0.1, 0.15) is 77.8 Å². The van der Waals surface area contributed by atoms with E-state index in [1.54, 1.807) is 24.4 Å². The number of nitriles is 1. The van der Waals surface area contributed by atoms with Gasteiger partial charge in [0.1, 0.15) is 31.2 Å². The summed E-state index contributed by atoms with van der Waals surface area (Å²) in [6.07, 6.45) is 1.96. The third kappa shape index (κ3) is 9.01. The number of aliphatic hydroxyl groups excluding tert-OH is 1. The fourth-order valence-electron chi connectivity index (χ4n) is 6.74. The van der Waals surface area contributed by atoms with Crippen molar-refractivity contribution >= 4 is 41.1 Å². The highest BCUT2D eigenvalue weighted by atomic mass is 35.5. The fourth-order valence-corrected chi connectivity index (χ4v) is 7.39. The van der Waals surface area contributed by atoms with Crippen LogP contribution in [0.3, 0.4) is 0 Å². The molecule has 1 atom stereocenters. The summed E-state index contributed by atoms with van der Waals surface area (Å²) in [5.74, 6) is -5.93. The van der Waals surface area contributed by atoms with Gasteiger partial charge in [-0.25, -0.2) is 23.1 Å². The van der Waals surface area contributed by atoms with Gasteiger partial charge in [-0.2, -0.15) is 5.26 Å². The van der Waals surface area contributed by atoms with Crippen molar-refractivity contribution in [2.45, 2.75) is 75.2 Å². The number of hydrogen-bond acceptors (Lipinski definition) is 11. The molecule has 17 heteroatoms. The van der Waals surface area contributed by atoms with E-state index in [2.05, 4.69) is 16.0 Å². The number of rotatable bonds is 16. The highest BCUT2D eigenvalue weighted by molar-refractivity contribution is 7.98. The summed E-state index contributed by atoms with van der Waals surface area (Å²) in [6.45, 7) is 2.00. The third-order valence-electron chi connectivity index (χ3n) is 10.2. The summed E-state index contributed by atoms with van der Waals surface area (Å²) < 4.78 is 62.3. The monoisotopic (exact) mass is 837 g/mol. The van der Waals surface area contributed by atoms with Crippen molar-refractivity contribution in [2.24, 2.45) is 0 Å². The van der Waals surface area contributed by atoms with Crippen LogP contribution in [0.5, 0.6) is 17.2 Å². The molecule has 304 valence electrons. The first kappa shape index (κ1) is 42.2. The van der Waals surface area contributed by atoms with E-state index in [-0.39, 0.29) is 59.2 Å². The van der Waals surface area contributed by atoms with Crippen LogP contribution >= 0.6 is 23.4 Å². The van der Waals surface area contributed by atoms with Gasteiger partial charge in [0, 0.05) is 42.0 Å². The van der Waals surface area contributed by atoms with Gasteiger partial charge in [0.25, 0.3) is 17.7 Å². The zero-order valence-electron chi connectivity index (χ0n) is 31.8. The van der Waals surface area contributed by atoms with Crippen LogP contribution in [0.25, 0.3) is 0 Å². The van der Waals surface area contributed by atoms with E-state index in [1.807, 2.05) is 44.4 Å². The van der Waals surface area contributed by atoms with Gasteiger partial charge >= 0.3 is 0 Å². The molecule has 0 aliphatic carbocycles. The van der Waals surface area contributed by atoms with Crippen LogP contribution in [0.4, 0.5) is 13.2 Å². The molecule has 3 amide bonds. The summed E-state index contributed by atoms with van der Waals surface area (Å²) in [5.41, 5.74) is 1.73. The lowest BCUT2D eigenvalue weighted by Crippen LogP contribution is -2.54. The Balaban J connectivity index is 1.02. The Morgan fingerprint density at radius 2 is 1.74 bits per heavy atom. The number of carbonyl (C=O) groups is 3. The average molecular weight is 838 g/mol. The van der Waals surface area contributed by atoms with E-state index >= 15 is 4.39 Å². The molecule has 0 bridgehead atoms. The van der Waals surface area contributed by atoms with Gasteiger partial charge in [0.2, 0.25) is 5.91 Å². The topological polar surface area (TPSA) is 155 Å². The quantitative estimate of drug-likeness (QED) is 0.0701. The minimum Gasteiger partial charge on any atom is -0.490 e. The number of amides is 3. The molecule has 6 rings (SSSR count). The number of piperidine rings is 1. The Morgan fingerprint density at radius 3 is 2.43 bits per heavy atom. The Hall–Kier alpha value is -5.37. The van der Waals surface area contributed by atoms with Gasteiger partial charge < -0.3 is 24.2 Å². The first-order valence-corrected chi connectivity index (χ1v) is 19.8. The molecule has 1 N–H and O–H groups in total. The Kier molecular flexibility index (Phi) is 12.8. The van der Waals surface area contributed by atoms with Crippen molar-refractivity contribution in [3.05, 3.63) is 105 Å². The Bertz CT molecular complexity index is 2260. The molecular formula is C41H39ClF3N5O7S. The summed E-state index contributed by atoms with van der Waals surface area (Å²) in [4.78, 5) is 48.1. The van der Waals surface area contributed by atoms with Crippen LogP contribution in [0.15, 0.2) is 66.0 Å². The maximum Gasteiger partial charge on any atom is 0.255 e. The Morgan fingerprint density at radius 1 is 1.02 bits per heavy atom. The van der Waals surface area contributed by atoms with E-state index in [0.29, 0.717) is 21.4 Å². The molecule has 0 radical (unpaired) electrons. The molecule has 1 fully saturated rings. The number of carbonyl (C=O) groups excluding carboxylic acids is 3.